The van der Waals surface area contributed by atoms with Crippen molar-refractivity contribution in [3.05, 3.63) is 0 Å². The highest BCUT2D eigenvalue weighted by atomic mass is 28.2. The van der Waals surface area contributed by atoms with Gasteiger partial charge >= 0.3 is 0 Å². The first-order valence-electron chi connectivity index (χ1n) is 3.34. The maximum Gasteiger partial charge on any atom is 0.146 e. The molecule has 1 unspecified atom stereocenters. The number of unbranched alkanes of at least 4 members (excludes halogenated alkanes) is 1. The van der Waals surface area contributed by atoms with Crippen LogP contribution in [0.15, 0.2) is 0 Å². The first kappa shape index (κ1) is 8.18. The molecule has 0 fully saturated rings. The van der Waals surface area contributed by atoms with Crippen LogP contribution in [0, 0.1) is 0 Å². The summed E-state index contributed by atoms with van der Waals surface area (Å²) < 4.78 is 5.19. The maximum atomic E-state index is 5.19. The minimum absolute atomic E-state index is 0.515. The van der Waals surface area contributed by atoms with Gasteiger partial charge in [0, 0.05) is 6.10 Å². The molecule has 1 atom stereocenters. The van der Waals surface area contributed by atoms with Crippen LogP contribution < -0.4 is 0 Å². The fraction of sp³-hybridized carbons (Fsp3) is 1.00. The molecule has 0 spiro atoms. The van der Waals surface area contributed by atoms with Crippen molar-refractivity contribution in [1.82, 2.24) is 0 Å². The highest BCUT2D eigenvalue weighted by molar-refractivity contribution is 5.98. The van der Waals surface area contributed by atoms with Crippen molar-refractivity contribution in [2.45, 2.75) is 39.2 Å². The molecule has 0 radical (unpaired) electrons. The van der Waals surface area contributed by atoms with Crippen molar-refractivity contribution in [2.75, 3.05) is 0 Å². The van der Waals surface area contributed by atoms with E-state index in [1.54, 1.807) is 0 Å². The lowest BCUT2D eigenvalue weighted by atomic mass is 10.2. The van der Waals surface area contributed by atoms with Gasteiger partial charge in [-0.25, -0.2) is 0 Å². The Kier molecular flexibility index (Phi) is 5.43. The predicted octanol–water partition coefficient (Wildman–Crippen LogP) is 0.862. The standard InChI is InChI=1S/C6H16OSi/c1-3-4-5-6(2)7-8/h6H,3-5H2,1-2,8H3. The predicted molar refractivity (Wildman–Crippen MR) is 40.0 cm³/mol. The highest BCUT2D eigenvalue weighted by Gasteiger charge is 1.94. The van der Waals surface area contributed by atoms with E-state index < -0.39 is 0 Å². The molecule has 50 valence electrons. The van der Waals surface area contributed by atoms with Gasteiger partial charge in [0.25, 0.3) is 0 Å². The molecule has 0 aromatic heterocycles. The van der Waals surface area contributed by atoms with Gasteiger partial charge in [-0.2, -0.15) is 0 Å². The van der Waals surface area contributed by atoms with Gasteiger partial charge < -0.3 is 4.43 Å². The fourth-order valence-electron chi connectivity index (χ4n) is 0.609. The Balaban J connectivity index is 2.86. The third kappa shape index (κ3) is 4.34. The molecule has 1 nitrogen and oxygen atoms in total. The SMILES string of the molecule is CCCCC(C)O[SiH3]. The summed E-state index contributed by atoms with van der Waals surface area (Å²) in [4.78, 5) is 0. The van der Waals surface area contributed by atoms with Gasteiger partial charge in [-0.15, -0.1) is 0 Å². The second kappa shape index (κ2) is 5.32. The van der Waals surface area contributed by atoms with Crippen molar-refractivity contribution in [2.24, 2.45) is 0 Å². The molecule has 0 aliphatic heterocycles. The van der Waals surface area contributed by atoms with Gasteiger partial charge in [-0.1, -0.05) is 19.8 Å². The Morgan fingerprint density at radius 3 is 2.62 bits per heavy atom. The molecule has 0 aromatic rings. The monoisotopic (exact) mass is 132 g/mol. The van der Waals surface area contributed by atoms with E-state index in [4.69, 9.17) is 4.43 Å². The summed E-state index contributed by atoms with van der Waals surface area (Å²) in [6.45, 7) is 4.35. The number of hydrogen-bond donors (Lipinski definition) is 0. The maximum absolute atomic E-state index is 5.19. The molecule has 0 aliphatic carbocycles. The van der Waals surface area contributed by atoms with Crippen LogP contribution in [0.5, 0.6) is 0 Å². The van der Waals surface area contributed by atoms with E-state index in [0.29, 0.717) is 6.10 Å². The molecular weight excluding hydrogens is 116 g/mol. The Bertz CT molecular complexity index is 47.8. The van der Waals surface area contributed by atoms with Crippen LogP contribution in [0.1, 0.15) is 33.1 Å². The second-order valence-corrected chi connectivity index (χ2v) is 2.66. The summed E-state index contributed by atoms with van der Waals surface area (Å²) in [5.74, 6) is 0. The van der Waals surface area contributed by atoms with Crippen LogP contribution >= 0.6 is 0 Å². The number of rotatable bonds is 4. The topological polar surface area (TPSA) is 9.23 Å². The van der Waals surface area contributed by atoms with E-state index in [1.165, 1.54) is 19.3 Å². The van der Waals surface area contributed by atoms with Crippen molar-refractivity contribution < 1.29 is 4.43 Å². The lowest BCUT2D eigenvalue weighted by Crippen LogP contribution is -2.04. The quantitative estimate of drug-likeness (QED) is 0.516. The highest BCUT2D eigenvalue weighted by Crippen LogP contribution is 2.00. The zero-order valence-electron chi connectivity index (χ0n) is 6.11. The Hall–Kier alpha value is 0.177. The minimum Gasteiger partial charge on any atom is -0.425 e. The van der Waals surface area contributed by atoms with Crippen LogP contribution in [0.2, 0.25) is 0 Å². The van der Waals surface area contributed by atoms with E-state index in [1.807, 2.05) is 0 Å². The van der Waals surface area contributed by atoms with Crippen LogP contribution in [0.25, 0.3) is 0 Å². The van der Waals surface area contributed by atoms with Crippen LogP contribution in [0.3, 0.4) is 0 Å². The minimum atomic E-state index is 0.515. The lowest BCUT2D eigenvalue weighted by Gasteiger charge is -2.06. The normalized spacial score (nSPS) is 14.2. The summed E-state index contributed by atoms with van der Waals surface area (Å²) in [6, 6.07) is 0. The molecule has 0 rings (SSSR count). The molecule has 0 saturated heterocycles. The third-order valence-electron chi connectivity index (χ3n) is 1.37. The summed E-state index contributed by atoms with van der Waals surface area (Å²) in [5, 5.41) is 0. The summed E-state index contributed by atoms with van der Waals surface area (Å²) in [7, 11) is 0.890. The first-order chi connectivity index (χ1) is 3.81. The second-order valence-electron chi connectivity index (χ2n) is 2.19. The fourth-order valence-corrected chi connectivity index (χ4v) is 0.845. The van der Waals surface area contributed by atoms with Crippen LogP contribution in [0.4, 0.5) is 0 Å². The van der Waals surface area contributed by atoms with E-state index in [-0.39, 0.29) is 0 Å². The van der Waals surface area contributed by atoms with Gasteiger partial charge in [-0.3, -0.25) is 0 Å². The zero-order valence-corrected chi connectivity index (χ0v) is 8.11. The molecule has 0 amide bonds. The van der Waals surface area contributed by atoms with Crippen molar-refractivity contribution in [1.29, 1.82) is 0 Å². The first-order valence-corrected chi connectivity index (χ1v) is 4.15. The van der Waals surface area contributed by atoms with Crippen LogP contribution in [-0.4, -0.2) is 16.6 Å². The van der Waals surface area contributed by atoms with Crippen molar-refractivity contribution in [3.8, 4) is 0 Å². The summed E-state index contributed by atoms with van der Waals surface area (Å²) in [6.07, 6.45) is 4.35. The van der Waals surface area contributed by atoms with Gasteiger partial charge in [0.2, 0.25) is 0 Å². The Morgan fingerprint density at radius 2 is 2.25 bits per heavy atom. The molecule has 8 heavy (non-hydrogen) atoms. The smallest absolute Gasteiger partial charge is 0.146 e. The molecule has 0 aromatic carbocycles. The molecule has 0 heterocycles. The van der Waals surface area contributed by atoms with E-state index in [2.05, 4.69) is 13.8 Å². The summed E-state index contributed by atoms with van der Waals surface area (Å²) in [5.41, 5.74) is 0. The van der Waals surface area contributed by atoms with Gasteiger partial charge in [-0.05, 0) is 13.3 Å². The van der Waals surface area contributed by atoms with Gasteiger partial charge in [0.05, 0.1) is 0 Å². The zero-order chi connectivity index (χ0) is 6.41. The Morgan fingerprint density at radius 1 is 1.62 bits per heavy atom. The van der Waals surface area contributed by atoms with Crippen molar-refractivity contribution in [3.63, 3.8) is 0 Å². The van der Waals surface area contributed by atoms with Crippen LogP contribution in [-0.2, 0) is 4.43 Å². The molecule has 0 N–H and O–H groups in total. The molecule has 2 heteroatoms. The lowest BCUT2D eigenvalue weighted by molar-refractivity contribution is 0.228. The van der Waals surface area contributed by atoms with E-state index in [0.717, 1.165) is 10.5 Å². The third-order valence-corrected chi connectivity index (χ3v) is 2.17. The molecule has 0 bridgehead atoms. The Labute approximate surface area is 55.0 Å². The molecular formula is C6H16OSi. The van der Waals surface area contributed by atoms with E-state index in [9.17, 15) is 0 Å². The van der Waals surface area contributed by atoms with Gasteiger partial charge in [0.1, 0.15) is 10.5 Å². The van der Waals surface area contributed by atoms with Gasteiger partial charge in [0.15, 0.2) is 0 Å². The largest absolute Gasteiger partial charge is 0.425 e. The summed E-state index contributed by atoms with van der Waals surface area (Å²) >= 11 is 0. The molecule has 0 saturated carbocycles. The average molecular weight is 132 g/mol. The average Bonchev–Trinajstić information content (AvgIpc) is 1.83. The molecule has 0 aliphatic rings. The van der Waals surface area contributed by atoms with Crippen molar-refractivity contribution >= 4 is 10.5 Å². The van der Waals surface area contributed by atoms with E-state index >= 15 is 0 Å². The number of hydrogen-bond acceptors (Lipinski definition) is 1.